The zero-order chi connectivity index (χ0) is 14.1. The summed E-state index contributed by atoms with van der Waals surface area (Å²) in [7, 11) is 0. The van der Waals surface area contributed by atoms with Crippen molar-refractivity contribution >= 4 is 17.2 Å². The lowest BCUT2D eigenvalue weighted by molar-refractivity contribution is 0.0938. The van der Waals surface area contributed by atoms with Crippen molar-refractivity contribution in [1.82, 2.24) is 20.3 Å². The van der Waals surface area contributed by atoms with Crippen LogP contribution in [0, 0.1) is 6.92 Å². The minimum absolute atomic E-state index is 0.115. The molecule has 1 aliphatic rings. The summed E-state index contributed by atoms with van der Waals surface area (Å²) in [5.41, 5.74) is 1.38. The average molecular weight is 288 g/mol. The molecule has 2 aromatic heterocycles. The van der Waals surface area contributed by atoms with E-state index in [4.69, 9.17) is 0 Å². The molecule has 3 rings (SSSR count). The fraction of sp³-hybridized carbons (Fsp3) is 0.429. The predicted octanol–water partition coefficient (Wildman–Crippen LogP) is 2.61. The fourth-order valence-corrected chi connectivity index (χ4v) is 2.65. The number of carbonyl (C=O) groups excluding carboxylic acids is 1. The van der Waals surface area contributed by atoms with Gasteiger partial charge in [-0.25, -0.2) is 15.0 Å². The van der Waals surface area contributed by atoms with E-state index in [9.17, 15) is 4.79 Å². The SMILES string of the molecule is Cc1nc([C@@H](C)NC(=O)c2cnc(C3CC3)nc2)cs1. The Bertz CT molecular complexity index is 618. The molecule has 5 nitrogen and oxygen atoms in total. The molecule has 20 heavy (non-hydrogen) atoms. The molecule has 0 aromatic carbocycles. The highest BCUT2D eigenvalue weighted by molar-refractivity contribution is 7.09. The van der Waals surface area contributed by atoms with Gasteiger partial charge in [-0.2, -0.15) is 0 Å². The summed E-state index contributed by atoms with van der Waals surface area (Å²) in [6.45, 7) is 3.87. The second kappa shape index (κ2) is 5.28. The lowest BCUT2D eigenvalue weighted by Crippen LogP contribution is -2.27. The molecule has 1 saturated carbocycles. The van der Waals surface area contributed by atoms with Gasteiger partial charge in [0.25, 0.3) is 5.91 Å². The second-order valence-corrected chi connectivity index (χ2v) is 6.15. The number of nitrogens with zero attached hydrogens (tertiary/aromatic N) is 3. The third-order valence-electron chi connectivity index (χ3n) is 3.30. The largest absolute Gasteiger partial charge is 0.344 e. The van der Waals surface area contributed by atoms with Crippen LogP contribution in [0.3, 0.4) is 0 Å². The standard InChI is InChI=1S/C14H16N4OS/c1-8(12-7-20-9(2)18-12)17-14(19)11-5-15-13(16-6-11)10-3-4-10/h5-8,10H,3-4H2,1-2H3,(H,17,19)/t8-/m1/s1. The van der Waals surface area contributed by atoms with Crippen LogP contribution in [0.1, 0.15) is 58.6 Å². The van der Waals surface area contributed by atoms with E-state index < -0.39 is 0 Å². The van der Waals surface area contributed by atoms with E-state index in [0.29, 0.717) is 11.5 Å². The van der Waals surface area contributed by atoms with Gasteiger partial charge in [-0.1, -0.05) is 0 Å². The molecule has 1 N–H and O–H groups in total. The highest BCUT2D eigenvalue weighted by Gasteiger charge is 2.26. The van der Waals surface area contributed by atoms with Crippen molar-refractivity contribution in [2.75, 3.05) is 0 Å². The average Bonchev–Trinajstić information content (AvgIpc) is 3.20. The van der Waals surface area contributed by atoms with Crippen LogP contribution in [0.25, 0.3) is 0 Å². The third kappa shape index (κ3) is 2.85. The molecule has 0 aliphatic heterocycles. The number of thiazole rings is 1. The number of hydrogen-bond acceptors (Lipinski definition) is 5. The van der Waals surface area contributed by atoms with E-state index in [1.165, 1.54) is 0 Å². The molecule has 1 fully saturated rings. The zero-order valence-corrected chi connectivity index (χ0v) is 12.3. The van der Waals surface area contributed by atoms with Crippen molar-refractivity contribution in [3.63, 3.8) is 0 Å². The van der Waals surface area contributed by atoms with Crippen LogP contribution in [-0.4, -0.2) is 20.9 Å². The number of rotatable bonds is 4. The molecule has 0 radical (unpaired) electrons. The number of aryl methyl sites for hydroxylation is 1. The van der Waals surface area contributed by atoms with Crippen LogP contribution in [0.2, 0.25) is 0 Å². The quantitative estimate of drug-likeness (QED) is 0.939. The maximum absolute atomic E-state index is 12.1. The molecule has 0 spiro atoms. The summed E-state index contributed by atoms with van der Waals surface area (Å²) >= 11 is 1.58. The molecule has 2 aromatic rings. The Labute approximate surface area is 121 Å². The molecule has 1 amide bonds. The van der Waals surface area contributed by atoms with E-state index in [-0.39, 0.29) is 11.9 Å². The van der Waals surface area contributed by atoms with E-state index in [1.54, 1.807) is 23.7 Å². The summed E-state index contributed by atoms with van der Waals surface area (Å²) in [6.07, 6.45) is 5.53. The van der Waals surface area contributed by atoms with Gasteiger partial charge < -0.3 is 5.32 Å². The van der Waals surface area contributed by atoms with Crippen molar-refractivity contribution < 1.29 is 4.79 Å². The Balaban J connectivity index is 1.66. The molecular formula is C14H16N4OS. The summed E-state index contributed by atoms with van der Waals surface area (Å²) < 4.78 is 0. The van der Waals surface area contributed by atoms with Gasteiger partial charge in [0.1, 0.15) is 5.82 Å². The Morgan fingerprint density at radius 1 is 1.40 bits per heavy atom. The molecule has 1 aliphatic carbocycles. The lowest BCUT2D eigenvalue weighted by atomic mass is 10.2. The van der Waals surface area contributed by atoms with Gasteiger partial charge >= 0.3 is 0 Å². The predicted molar refractivity (Wildman–Crippen MR) is 76.7 cm³/mol. The van der Waals surface area contributed by atoms with Crippen LogP contribution in [-0.2, 0) is 0 Å². The molecular weight excluding hydrogens is 272 g/mol. The molecule has 104 valence electrons. The minimum Gasteiger partial charge on any atom is -0.344 e. The van der Waals surface area contributed by atoms with E-state index in [2.05, 4.69) is 20.3 Å². The van der Waals surface area contributed by atoms with Gasteiger partial charge in [-0.05, 0) is 26.7 Å². The first-order valence-corrected chi connectivity index (χ1v) is 7.56. The number of carbonyl (C=O) groups is 1. The van der Waals surface area contributed by atoms with Crippen molar-refractivity contribution in [3.05, 3.63) is 39.9 Å². The highest BCUT2D eigenvalue weighted by atomic mass is 32.1. The Morgan fingerprint density at radius 2 is 2.10 bits per heavy atom. The van der Waals surface area contributed by atoms with Crippen LogP contribution in [0.15, 0.2) is 17.8 Å². The minimum atomic E-state index is -0.162. The maximum atomic E-state index is 12.1. The second-order valence-electron chi connectivity index (χ2n) is 5.09. The van der Waals surface area contributed by atoms with Crippen LogP contribution >= 0.6 is 11.3 Å². The van der Waals surface area contributed by atoms with Crippen molar-refractivity contribution in [2.24, 2.45) is 0 Å². The van der Waals surface area contributed by atoms with Crippen molar-refractivity contribution in [3.8, 4) is 0 Å². The first kappa shape index (κ1) is 13.2. The molecule has 0 saturated heterocycles. The van der Waals surface area contributed by atoms with Gasteiger partial charge in [0.2, 0.25) is 0 Å². The number of hydrogen-bond donors (Lipinski definition) is 1. The van der Waals surface area contributed by atoms with Crippen LogP contribution in [0.5, 0.6) is 0 Å². The van der Waals surface area contributed by atoms with Crippen LogP contribution < -0.4 is 5.32 Å². The number of nitrogens with one attached hydrogen (secondary N) is 1. The maximum Gasteiger partial charge on any atom is 0.254 e. The molecule has 2 heterocycles. The van der Waals surface area contributed by atoms with E-state index in [0.717, 1.165) is 29.4 Å². The van der Waals surface area contributed by atoms with Crippen molar-refractivity contribution in [1.29, 1.82) is 0 Å². The first-order chi connectivity index (χ1) is 9.63. The van der Waals surface area contributed by atoms with Crippen molar-refractivity contribution in [2.45, 2.75) is 38.6 Å². The van der Waals surface area contributed by atoms with Gasteiger partial charge in [-0.3, -0.25) is 4.79 Å². The first-order valence-electron chi connectivity index (χ1n) is 6.68. The smallest absolute Gasteiger partial charge is 0.254 e. The molecule has 1 atom stereocenters. The summed E-state index contributed by atoms with van der Waals surface area (Å²) in [6, 6.07) is -0.115. The Kier molecular flexibility index (Phi) is 3.48. The topological polar surface area (TPSA) is 67.8 Å². The molecule has 6 heteroatoms. The highest BCUT2D eigenvalue weighted by Crippen LogP contribution is 2.37. The lowest BCUT2D eigenvalue weighted by Gasteiger charge is -2.11. The summed E-state index contributed by atoms with van der Waals surface area (Å²) in [5, 5.41) is 5.88. The fourth-order valence-electron chi connectivity index (χ4n) is 1.94. The number of amides is 1. The van der Waals surface area contributed by atoms with Gasteiger partial charge in [0, 0.05) is 23.7 Å². The third-order valence-corrected chi connectivity index (χ3v) is 4.10. The number of aromatic nitrogens is 3. The monoisotopic (exact) mass is 288 g/mol. The summed E-state index contributed by atoms with van der Waals surface area (Å²) in [5.74, 6) is 1.19. The molecule has 0 unspecified atom stereocenters. The van der Waals surface area contributed by atoms with Gasteiger partial charge in [0.05, 0.1) is 22.3 Å². The Morgan fingerprint density at radius 3 is 2.65 bits per heavy atom. The normalized spacial score (nSPS) is 15.9. The molecule has 0 bridgehead atoms. The van der Waals surface area contributed by atoms with E-state index >= 15 is 0 Å². The zero-order valence-electron chi connectivity index (χ0n) is 11.5. The Hall–Kier alpha value is -1.82. The van der Waals surface area contributed by atoms with Gasteiger partial charge in [0.15, 0.2) is 0 Å². The van der Waals surface area contributed by atoms with Crippen LogP contribution in [0.4, 0.5) is 0 Å². The van der Waals surface area contributed by atoms with Gasteiger partial charge in [-0.15, -0.1) is 11.3 Å². The summed E-state index contributed by atoms with van der Waals surface area (Å²) in [4.78, 5) is 25.0. The van der Waals surface area contributed by atoms with E-state index in [1.807, 2.05) is 19.2 Å².